The fourth-order valence-electron chi connectivity index (χ4n) is 3.97. The molecule has 0 saturated heterocycles. The number of halogens is 2. The van der Waals surface area contributed by atoms with Crippen LogP contribution in [0.5, 0.6) is 0 Å². The molecule has 0 atom stereocenters. The first-order chi connectivity index (χ1) is 15.7. The van der Waals surface area contributed by atoms with Gasteiger partial charge in [0.25, 0.3) is 6.43 Å². The van der Waals surface area contributed by atoms with Gasteiger partial charge in [-0.2, -0.15) is 0 Å². The van der Waals surface area contributed by atoms with Gasteiger partial charge in [0, 0.05) is 41.3 Å². The summed E-state index contributed by atoms with van der Waals surface area (Å²) < 4.78 is 27.1. The van der Waals surface area contributed by atoms with Crippen molar-refractivity contribution >= 4 is 5.82 Å². The Morgan fingerprint density at radius 3 is 2.50 bits per heavy atom. The third-order valence-corrected chi connectivity index (χ3v) is 5.58. The van der Waals surface area contributed by atoms with Gasteiger partial charge in [0.15, 0.2) is 5.82 Å². The van der Waals surface area contributed by atoms with Crippen molar-refractivity contribution in [3.05, 3.63) is 89.4 Å². The van der Waals surface area contributed by atoms with E-state index in [2.05, 4.69) is 25.3 Å². The van der Waals surface area contributed by atoms with Gasteiger partial charge in [-0.3, -0.25) is 9.97 Å². The number of alkyl halides is 2. The molecule has 4 aromatic rings. The average Bonchev–Trinajstić information content (AvgIpc) is 3.32. The van der Waals surface area contributed by atoms with Crippen molar-refractivity contribution in [2.75, 3.05) is 5.32 Å². The zero-order chi connectivity index (χ0) is 21.9. The molecule has 0 amide bonds. The van der Waals surface area contributed by atoms with Crippen LogP contribution < -0.4 is 5.32 Å². The molecule has 32 heavy (non-hydrogen) atoms. The van der Waals surface area contributed by atoms with Crippen molar-refractivity contribution in [2.45, 2.75) is 32.2 Å². The van der Waals surface area contributed by atoms with Crippen molar-refractivity contribution in [2.24, 2.45) is 0 Å². The molecule has 1 aliphatic rings. The van der Waals surface area contributed by atoms with Crippen LogP contribution in [0.3, 0.4) is 0 Å². The average molecular weight is 429 g/mol. The first-order valence-electron chi connectivity index (χ1n) is 10.6. The maximum atomic E-state index is 13.5. The predicted molar refractivity (Wildman–Crippen MR) is 119 cm³/mol. The van der Waals surface area contributed by atoms with Crippen LogP contribution in [0.15, 0.2) is 67.0 Å². The van der Waals surface area contributed by atoms with E-state index in [4.69, 9.17) is 0 Å². The van der Waals surface area contributed by atoms with Gasteiger partial charge in [-0.05, 0) is 43.0 Å². The summed E-state index contributed by atoms with van der Waals surface area (Å²) >= 11 is 0. The van der Waals surface area contributed by atoms with E-state index in [1.54, 1.807) is 24.4 Å². The highest BCUT2D eigenvalue weighted by Crippen LogP contribution is 2.33. The Morgan fingerprint density at radius 2 is 1.72 bits per heavy atom. The molecule has 0 aliphatic heterocycles. The van der Waals surface area contributed by atoms with E-state index in [0.29, 0.717) is 23.8 Å². The lowest BCUT2D eigenvalue weighted by molar-refractivity contribution is 0.152. The highest BCUT2D eigenvalue weighted by Gasteiger charge is 2.22. The Morgan fingerprint density at radius 1 is 0.875 bits per heavy atom. The standard InChI is InChI=1S/C25H21F2N5/c26-23(27)17-6-1-2-7-18(17)25-31-20-10-5-8-19(20)24(32-25)30-15-16-11-12-22(29-14-16)21-9-3-4-13-28-21/h1-4,6-7,9,11-14,23H,5,8,10,15H2,(H,30,31,32). The van der Waals surface area contributed by atoms with Crippen molar-refractivity contribution in [3.63, 3.8) is 0 Å². The number of hydrogen-bond donors (Lipinski definition) is 1. The van der Waals surface area contributed by atoms with Crippen LogP contribution in [0.2, 0.25) is 0 Å². The third-order valence-electron chi connectivity index (χ3n) is 5.58. The Bertz CT molecular complexity index is 1230. The van der Waals surface area contributed by atoms with E-state index in [9.17, 15) is 8.78 Å². The molecule has 3 aromatic heterocycles. The van der Waals surface area contributed by atoms with E-state index < -0.39 is 6.43 Å². The number of anilines is 1. The van der Waals surface area contributed by atoms with Gasteiger partial charge in [0.2, 0.25) is 0 Å². The number of aromatic nitrogens is 4. The molecular weight excluding hydrogens is 408 g/mol. The maximum absolute atomic E-state index is 13.5. The van der Waals surface area contributed by atoms with Crippen molar-refractivity contribution in [1.82, 2.24) is 19.9 Å². The summed E-state index contributed by atoms with van der Waals surface area (Å²) in [5.74, 6) is 1.05. The summed E-state index contributed by atoms with van der Waals surface area (Å²) in [6, 6.07) is 16.1. The van der Waals surface area contributed by atoms with E-state index in [1.165, 1.54) is 6.07 Å². The molecule has 0 bridgehead atoms. The molecule has 1 aromatic carbocycles. The number of benzene rings is 1. The Hall–Kier alpha value is -3.74. The molecule has 0 spiro atoms. The van der Waals surface area contributed by atoms with E-state index in [1.807, 2.05) is 36.5 Å². The monoisotopic (exact) mass is 429 g/mol. The van der Waals surface area contributed by atoms with Crippen LogP contribution in [0, 0.1) is 0 Å². The highest BCUT2D eigenvalue weighted by atomic mass is 19.3. The van der Waals surface area contributed by atoms with Crippen molar-refractivity contribution in [1.29, 1.82) is 0 Å². The van der Waals surface area contributed by atoms with Crippen molar-refractivity contribution in [3.8, 4) is 22.8 Å². The summed E-state index contributed by atoms with van der Waals surface area (Å²) in [6.45, 7) is 0.523. The van der Waals surface area contributed by atoms with Gasteiger partial charge in [0.1, 0.15) is 5.82 Å². The van der Waals surface area contributed by atoms with Gasteiger partial charge in [-0.1, -0.05) is 36.4 Å². The quantitative estimate of drug-likeness (QED) is 0.430. The minimum atomic E-state index is -2.58. The lowest BCUT2D eigenvalue weighted by atomic mass is 10.1. The highest BCUT2D eigenvalue weighted by molar-refractivity contribution is 5.64. The fraction of sp³-hybridized carbons (Fsp3) is 0.200. The number of hydrogen-bond acceptors (Lipinski definition) is 5. The van der Waals surface area contributed by atoms with Crippen LogP contribution in [0.25, 0.3) is 22.8 Å². The maximum Gasteiger partial charge on any atom is 0.264 e. The Labute approximate surface area is 184 Å². The van der Waals surface area contributed by atoms with Crippen LogP contribution in [0.1, 0.15) is 35.2 Å². The summed E-state index contributed by atoms with van der Waals surface area (Å²) in [7, 11) is 0. The SMILES string of the molecule is FC(F)c1ccccc1-c1nc2c(c(NCc3ccc(-c4ccccn4)nc3)n1)CCC2. The van der Waals surface area contributed by atoms with E-state index in [-0.39, 0.29) is 5.56 Å². The molecule has 1 N–H and O–H groups in total. The molecular formula is C25H21F2N5. The van der Waals surface area contributed by atoms with Crippen LogP contribution in [-0.4, -0.2) is 19.9 Å². The molecule has 5 rings (SSSR count). The lowest BCUT2D eigenvalue weighted by Crippen LogP contribution is -2.08. The second-order valence-corrected chi connectivity index (χ2v) is 7.68. The molecule has 5 nitrogen and oxygen atoms in total. The van der Waals surface area contributed by atoms with Gasteiger partial charge >= 0.3 is 0 Å². The van der Waals surface area contributed by atoms with Crippen molar-refractivity contribution < 1.29 is 8.78 Å². The minimum absolute atomic E-state index is 0.0503. The molecule has 0 fully saturated rings. The normalized spacial score (nSPS) is 12.7. The molecule has 0 radical (unpaired) electrons. The van der Waals surface area contributed by atoms with Crippen LogP contribution >= 0.6 is 0 Å². The molecule has 160 valence electrons. The summed E-state index contributed by atoms with van der Waals surface area (Å²) in [5.41, 5.74) is 4.95. The number of fused-ring (bicyclic) bond motifs is 1. The largest absolute Gasteiger partial charge is 0.366 e. The number of nitrogens with zero attached hydrogens (tertiary/aromatic N) is 4. The summed E-state index contributed by atoms with van der Waals surface area (Å²) in [4.78, 5) is 18.1. The second kappa shape index (κ2) is 8.78. The van der Waals surface area contributed by atoms with Gasteiger partial charge in [-0.25, -0.2) is 18.7 Å². The number of rotatable bonds is 6. The first-order valence-corrected chi connectivity index (χ1v) is 10.6. The lowest BCUT2D eigenvalue weighted by Gasteiger charge is -2.14. The molecule has 0 unspecified atom stereocenters. The zero-order valence-corrected chi connectivity index (χ0v) is 17.3. The molecule has 1 aliphatic carbocycles. The second-order valence-electron chi connectivity index (χ2n) is 7.68. The van der Waals surface area contributed by atoms with E-state index in [0.717, 1.165) is 47.5 Å². The zero-order valence-electron chi connectivity index (χ0n) is 17.3. The van der Waals surface area contributed by atoms with Gasteiger partial charge in [-0.15, -0.1) is 0 Å². The van der Waals surface area contributed by atoms with Crippen LogP contribution in [0.4, 0.5) is 14.6 Å². The fourth-order valence-corrected chi connectivity index (χ4v) is 3.97. The topological polar surface area (TPSA) is 63.6 Å². The first kappa shape index (κ1) is 20.2. The summed E-state index contributed by atoms with van der Waals surface area (Å²) in [5, 5.41) is 3.39. The Balaban J connectivity index is 1.41. The summed E-state index contributed by atoms with van der Waals surface area (Å²) in [6.07, 6.45) is 3.67. The predicted octanol–water partition coefficient (Wildman–Crippen LogP) is 5.64. The number of pyridine rings is 2. The van der Waals surface area contributed by atoms with Crippen LogP contribution in [-0.2, 0) is 19.4 Å². The third kappa shape index (κ3) is 4.06. The molecule has 0 saturated carbocycles. The number of aryl methyl sites for hydroxylation is 1. The molecule has 7 heteroatoms. The van der Waals surface area contributed by atoms with Gasteiger partial charge < -0.3 is 5.32 Å². The smallest absolute Gasteiger partial charge is 0.264 e. The molecule has 3 heterocycles. The van der Waals surface area contributed by atoms with E-state index >= 15 is 0 Å². The Kier molecular flexibility index (Phi) is 5.54. The minimum Gasteiger partial charge on any atom is -0.366 e. The van der Waals surface area contributed by atoms with Gasteiger partial charge in [0.05, 0.1) is 11.4 Å². The number of nitrogens with one attached hydrogen (secondary N) is 1.